The van der Waals surface area contributed by atoms with Crippen LogP contribution in [-0.2, 0) is 17.4 Å². The maximum Gasteiger partial charge on any atom is 0.490 e. The fourth-order valence-electron chi connectivity index (χ4n) is 3.51. The van der Waals surface area contributed by atoms with E-state index in [1.54, 1.807) is 30.5 Å². The molecule has 4 N–H and O–H groups in total. The van der Waals surface area contributed by atoms with Crippen LogP contribution in [0.2, 0.25) is 0 Å². The van der Waals surface area contributed by atoms with Crippen molar-refractivity contribution in [3.05, 3.63) is 47.8 Å². The van der Waals surface area contributed by atoms with E-state index >= 15 is 0 Å². The van der Waals surface area contributed by atoms with Gasteiger partial charge in [-0.05, 0) is 24.1 Å². The van der Waals surface area contributed by atoms with Crippen LogP contribution in [0.4, 0.5) is 38.1 Å². The van der Waals surface area contributed by atoms with Gasteiger partial charge in [-0.3, -0.25) is 0 Å². The summed E-state index contributed by atoms with van der Waals surface area (Å²) in [5.41, 5.74) is 0.0571. The molecule has 14 heteroatoms. The monoisotopic (exact) mass is 504 g/mol. The van der Waals surface area contributed by atoms with Crippen molar-refractivity contribution in [3.63, 3.8) is 0 Å². The lowest BCUT2D eigenvalue weighted by atomic mass is 10.1. The highest BCUT2D eigenvalue weighted by atomic mass is 19.4. The number of carboxylic acids is 1. The van der Waals surface area contributed by atoms with Gasteiger partial charge in [0.2, 0.25) is 5.95 Å². The average Bonchev–Trinajstić information content (AvgIpc) is 3.19. The highest BCUT2D eigenvalue weighted by molar-refractivity contribution is 5.85. The number of alkyl halides is 6. The van der Waals surface area contributed by atoms with Gasteiger partial charge >= 0.3 is 18.3 Å². The molecule has 1 aliphatic rings. The Hall–Kier alpha value is -3.55. The number of anilines is 2. The zero-order valence-corrected chi connectivity index (χ0v) is 18.2. The number of benzene rings is 1. The van der Waals surface area contributed by atoms with Crippen molar-refractivity contribution >= 4 is 28.6 Å². The molecule has 1 fully saturated rings. The molecular formula is C21H22F6N6O2. The molecule has 0 aliphatic carbocycles. The molecule has 4 rings (SSSR count). The molecule has 190 valence electrons. The first-order chi connectivity index (χ1) is 16.5. The number of piperazine rings is 1. The second kappa shape index (κ2) is 10.8. The minimum atomic E-state index is -5.08. The Balaban J connectivity index is 0.000000429. The summed E-state index contributed by atoms with van der Waals surface area (Å²) < 4.78 is 72.0. The van der Waals surface area contributed by atoms with Crippen molar-refractivity contribution in [1.29, 1.82) is 0 Å². The highest BCUT2D eigenvalue weighted by Crippen LogP contribution is 2.35. The first-order valence-corrected chi connectivity index (χ1v) is 10.5. The largest absolute Gasteiger partial charge is 0.490 e. The van der Waals surface area contributed by atoms with Crippen LogP contribution in [0, 0.1) is 0 Å². The molecule has 1 aliphatic heterocycles. The van der Waals surface area contributed by atoms with Gasteiger partial charge in [0.05, 0.1) is 0 Å². The van der Waals surface area contributed by atoms with E-state index in [0.717, 1.165) is 32.0 Å². The van der Waals surface area contributed by atoms with E-state index in [0.29, 0.717) is 23.4 Å². The summed E-state index contributed by atoms with van der Waals surface area (Å²) in [4.78, 5) is 22.2. The fourth-order valence-corrected chi connectivity index (χ4v) is 3.51. The van der Waals surface area contributed by atoms with Crippen molar-refractivity contribution in [1.82, 2.24) is 20.3 Å². The summed E-state index contributed by atoms with van der Waals surface area (Å²) in [5, 5.41) is 14.1. The van der Waals surface area contributed by atoms with E-state index in [-0.39, 0.29) is 12.0 Å². The molecule has 1 saturated heterocycles. The Morgan fingerprint density at radius 1 is 1.09 bits per heavy atom. The zero-order chi connectivity index (χ0) is 25.6. The lowest BCUT2D eigenvalue weighted by Crippen LogP contribution is -2.43. The molecule has 1 aromatic carbocycles. The molecule has 0 saturated carbocycles. The topological polar surface area (TPSA) is 106 Å². The molecule has 0 amide bonds. The van der Waals surface area contributed by atoms with E-state index in [4.69, 9.17) is 9.90 Å². The first kappa shape index (κ1) is 26.1. The molecule has 0 unspecified atom stereocenters. The first-order valence-electron chi connectivity index (χ1n) is 10.5. The predicted octanol–water partition coefficient (Wildman–Crippen LogP) is 3.67. The van der Waals surface area contributed by atoms with Gasteiger partial charge in [-0.15, -0.1) is 0 Å². The number of hydrogen-bond acceptors (Lipinski definition) is 6. The van der Waals surface area contributed by atoms with Crippen LogP contribution in [0.15, 0.2) is 36.5 Å². The quantitative estimate of drug-likeness (QED) is 0.393. The van der Waals surface area contributed by atoms with E-state index in [9.17, 15) is 26.3 Å². The average molecular weight is 504 g/mol. The molecule has 35 heavy (non-hydrogen) atoms. The molecule has 2 aromatic heterocycles. The number of H-pyrrole nitrogens is 1. The predicted molar refractivity (Wildman–Crippen MR) is 116 cm³/mol. The summed E-state index contributed by atoms with van der Waals surface area (Å²) in [6.07, 6.45) is -7.63. The maximum absolute atomic E-state index is 13.4. The summed E-state index contributed by atoms with van der Waals surface area (Å²) >= 11 is 0. The van der Waals surface area contributed by atoms with Crippen molar-refractivity contribution in [2.75, 3.05) is 42.9 Å². The third-order valence-corrected chi connectivity index (χ3v) is 5.08. The number of halogens is 6. The van der Waals surface area contributed by atoms with Crippen LogP contribution in [0.5, 0.6) is 0 Å². The lowest BCUT2D eigenvalue weighted by Gasteiger charge is -2.28. The zero-order valence-electron chi connectivity index (χ0n) is 18.2. The second-order valence-electron chi connectivity index (χ2n) is 7.48. The van der Waals surface area contributed by atoms with Gasteiger partial charge in [-0.25, -0.2) is 9.78 Å². The normalized spacial score (nSPS) is 14.4. The van der Waals surface area contributed by atoms with Gasteiger partial charge in [-0.2, -0.15) is 31.3 Å². The molecular weight excluding hydrogens is 482 g/mol. The third-order valence-electron chi connectivity index (χ3n) is 5.08. The Kier molecular flexibility index (Phi) is 8.04. The van der Waals surface area contributed by atoms with E-state index in [1.807, 2.05) is 6.07 Å². The SMILES string of the molecule is FC(F)(F)c1[nH]c2ccccc2c1CCNc1nccc(N2CCNCC2)n1.O=C(O)C(F)(F)F. The molecule has 3 aromatic rings. The van der Waals surface area contributed by atoms with Gasteiger partial charge in [0.25, 0.3) is 0 Å². The van der Waals surface area contributed by atoms with Crippen LogP contribution in [0.25, 0.3) is 10.9 Å². The number of aromatic nitrogens is 3. The summed E-state index contributed by atoms with van der Waals surface area (Å²) in [7, 11) is 0. The van der Waals surface area contributed by atoms with Crippen molar-refractivity contribution < 1.29 is 36.2 Å². The number of carbonyl (C=O) groups is 1. The molecule has 0 bridgehead atoms. The number of carboxylic acid groups (broad SMARTS) is 1. The molecule has 0 radical (unpaired) electrons. The van der Waals surface area contributed by atoms with Crippen LogP contribution in [0.1, 0.15) is 11.3 Å². The van der Waals surface area contributed by atoms with Gasteiger partial charge in [-0.1, -0.05) is 18.2 Å². The number of nitrogens with zero attached hydrogens (tertiary/aromatic N) is 3. The van der Waals surface area contributed by atoms with Gasteiger partial charge in [0, 0.05) is 49.8 Å². The number of hydrogen-bond donors (Lipinski definition) is 4. The van der Waals surface area contributed by atoms with E-state index in [1.165, 1.54) is 0 Å². The summed E-state index contributed by atoms with van der Waals surface area (Å²) in [5.74, 6) is -1.51. The van der Waals surface area contributed by atoms with Crippen molar-refractivity contribution in [2.24, 2.45) is 0 Å². The maximum atomic E-state index is 13.4. The van der Waals surface area contributed by atoms with E-state index in [2.05, 4.69) is 30.5 Å². The number of aromatic amines is 1. The number of para-hydroxylation sites is 1. The van der Waals surface area contributed by atoms with Crippen LogP contribution >= 0.6 is 0 Å². The fraction of sp³-hybridized carbons (Fsp3) is 0.381. The van der Waals surface area contributed by atoms with Gasteiger partial charge in [0.1, 0.15) is 11.5 Å². The van der Waals surface area contributed by atoms with Crippen molar-refractivity contribution in [3.8, 4) is 0 Å². The number of rotatable bonds is 5. The Labute approximate surface area is 195 Å². The second-order valence-corrected chi connectivity index (χ2v) is 7.48. The molecule has 0 atom stereocenters. The lowest BCUT2D eigenvalue weighted by molar-refractivity contribution is -0.192. The Morgan fingerprint density at radius 2 is 1.74 bits per heavy atom. The van der Waals surface area contributed by atoms with Crippen LogP contribution in [-0.4, -0.2) is 64.9 Å². The molecule has 0 spiro atoms. The highest BCUT2D eigenvalue weighted by Gasteiger charge is 2.38. The van der Waals surface area contributed by atoms with Crippen LogP contribution < -0.4 is 15.5 Å². The Morgan fingerprint density at radius 3 is 2.37 bits per heavy atom. The van der Waals surface area contributed by atoms with Gasteiger partial charge in [0.15, 0.2) is 0 Å². The number of nitrogens with one attached hydrogen (secondary N) is 3. The summed E-state index contributed by atoms with van der Waals surface area (Å²) in [6, 6.07) is 8.67. The minimum Gasteiger partial charge on any atom is -0.475 e. The third kappa shape index (κ3) is 6.97. The number of fused-ring (bicyclic) bond motifs is 1. The standard InChI is InChI=1S/C19H21F3N6.C2HF3O2/c20-19(21,22)17-14(13-3-1-2-4-15(13)26-17)5-7-24-18-25-8-6-16(27-18)28-11-9-23-10-12-28;3-2(4,5)1(6)7/h1-4,6,8,23,26H,5,7,9-12H2,(H,24,25,27);(H,6,7). The minimum absolute atomic E-state index is 0.208. The van der Waals surface area contributed by atoms with Crippen molar-refractivity contribution in [2.45, 2.75) is 18.8 Å². The Bertz CT molecular complexity index is 1140. The van der Waals surface area contributed by atoms with Crippen LogP contribution in [0.3, 0.4) is 0 Å². The molecule has 8 nitrogen and oxygen atoms in total. The van der Waals surface area contributed by atoms with E-state index < -0.39 is 24.0 Å². The summed E-state index contributed by atoms with van der Waals surface area (Å²) in [6.45, 7) is 3.82. The molecule has 3 heterocycles. The van der Waals surface area contributed by atoms with Gasteiger partial charge < -0.3 is 25.6 Å². The smallest absolute Gasteiger partial charge is 0.475 e. The number of aliphatic carboxylic acids is 1.